The monoisotopic (exact) mass is 291 g/mol. The maximum Gasteiger partial charge on any atom is 0.179 e. The van der Waals surface area contributed by atoms with Crippen molar-refractivity contribution in [2.24, 2.45) is 5.90 Å². The maximum absolute atomic E-state index is 12.6. The second kappa shape index (κ2) is 5.58. The van der Waals surface area contributed by atoms with Crippen LogP contribution in [0.25, 0.3) is 0 Å². The lowest BCUT2D eigenvalue weighted by Gasteiger charge is -2.37. The molecule has 0 radical (unpaired) electrons. The van der Waals surface area contributed by atoms with Crippen LogP contribution in [0.1, 0.15) is 44.7 Å². The fourth-order valence-electron chi connectivity index (χ4n) is 2.81. The summed E-state index contributed by atoms with van der Waals surface area (Å²) in [5, 5.41) is 0. The van der Waals surface area contributed by atoms with Gasteiger partial charge in [-0.15, -0.1) is 0 Å². The quantitative estimate of drug-likeness (QED) is 0.680. The molecule has 2 rings (SSSR count). The average molecular weight is 291 g/mol. The zero-order valence-electron chi connectivity index (χ0n) is 12.8. The van der Waals surface area contributed by atoms with Crippen molar-refractivity contribution in [3.8, 4) is 5.75 Å². The Morgan fingerprint density at radius 3 is 2.57 bits per heavy atom. The smallest absolute Gasteiger partial charge is 0.179 e. The number of Topliss-reactive ketones (excluding diaryl/α,β-unsaturated/α-hetero) is 2. The molecule has 1 aliphatic rings. The van der Waals surface area contributed by atoms with Crippen molar-refractivity contribution in [2.75, 3.05) is 0 Å². The Morgan fingerprint density at radius 1 is 1.33 bits per heavy atom. The third-order valence-electron chi connectivity index (χ3n) is 3.95. The first kappa shape index (κ1) is 15.7. The van der Waals surface area contributed by atoms with E-state index in [0.717, 1.165) is 11.1 Å². The summed E-state index contributed by atoms with van der Waals surface area (Å²) < 4.78 is 5.52. The standard InChI is InChI=1S/C16H21NO4/c1-5-10-8-11(21-17)6-7-12(10)13-14(18)9(2)20-16(3,4)15(13)19/h6-9,13H,5,17H2,1-4H3. The van der Waals surface area contributed by atoms with Crippen molar-refractivity contribution in [3.05, 3.63) is 29.3 Å². The molecule has 21 heavy (non-hydrogen) atoms. The van der Waals surface area contributed by atoms with Crippen molar-refractivity contribution < 1.29 is 19.2 Å². The number of nitrogens with two attached hydrogens (primary N) is 1. The average Bonchev–Trinajstić information content (AvgIpc) is 2.45. The van der Waals surface area contributed by atoms with E-state index < -0.39 is 17.6 Å². The van der Waals surface area contributed by atoms with Crippen molar-refractivity contribution in [1.82, 2.24) is 0 Å². The lowest BCUT2D eigenvalue weighted by Crippen LogP contribution is -2.52. The van der Waals surface area contributed by atoms with Gasteiger partial charge in [0, 0.05) is 0 Å². The van der Waals surface area contributed by atoms with Crippen LogP contribution in [0.4, 0.5) is 0 Å². The molecule has 1 fully saturated rings. The molecule has 0 spiro atoms. The van der Waals surface area contributed by atoms with E-state index in [2.05, 4.69) is 0 Å². The van der Waals surface area contributed by atoms with Crippen LogP contribution in [0.3, 0.4) is 0 Å². The second-order valence-corrected chi connectivity index (χ2v) is 5.80. The summed E-state index contributed by atoms with van der Waals surface area (Å²) in [6.07, 6.45) is 0.0806. The van der Waals surface area contributed by atoms with Crippen LogP contribution < -0.4 is 10.7 Å². The Bertz CT molecular complexity index is 580. The van der Waals surface area contributed by atoms with Crippen molar-refractivity contribution in [2.45, 2.75) is 51.7 Å². The molecule has 1 saturated heterocycles. The predicted molar refractivity (Wildman–Crippen MR) is 78.0 cm³/mol. The van der Waals surface area contributed by atoms with Crippen LogP contribution in [0.2, 0.25) is 0 Å². The molecule has 0 aromatic heterocycles. The zero-order chi connectivity index (χ0) is 15.8. The van der Waals surface area contributed by atoms with Crippen molar-refractivity contribution in [3.63, 3.8) is 0 Å². The highest BCUT2D eigenvalue weighted by atomic mass is 16.6. The molecule has 5 heteroatoms. The Morgan fingerprint density at radius 2 is 2.00 bits per heavy atom. The lowest BCUT2D eigenvalue weighted by atomic mass is 9.77. The molecule has 2 N–H and O–H groups in total. The van der Waals surface area contributed by atoms with E-state index in [4.69, 9.17) is 15.5 Å². The number of carbonyl (C=O) groups excluding carboxylic acids is 2. The molecular formula is C16H21NO4. The molecule has 0 saturated carbocycles. The van der Waals surface area contributed by atoms with Gasteiger partial charge in [0.15, 0.2) is 11.6 Å². The number of carbonyl (C=O) groups is 2. The largest absolute Gasteiger partial charge is 0.412 e. The number of benzene rings is 1. The molecule has 1 aliphatic heterocycles. The van der Waals surface area contributed by atoms with Crippen LogP contribution >= 0.6 is 0 Å². The molecule has 0 aliphatic carbocycles. The van der Waals surface area contributed by atoms with Gasteiger partial charge in [0.05, 0.1) is 0 Å². The summed E-state index contributed by atoms with van der Waals surface area (Å²) in [5.74, 6) is 4.48. The Balaban J connectivity index is 2.52. The molecule has 5 nitrogen and oxygen atoms in total. The van der Waals surface area contributed by atoms with Gasteiger partial charge in [0.25, 0.3) is 0 Å². The minimum absolute atomic E-state index is 0.199. The van der Waals surface area contributed by atoms with Crippen LogP contribution in [0.15, 0.2) is 18.2 Å². The minimum Gasteiger partial charge on any atom is -0.412 e. The Hall–Kier alpha value is -1.72. The van der Waals surface area contributed by atoms with Gasteiger partial charge in [0.1, 0.15) is 23.4 Å². The summed E-state index contributed by atoms with van der Waals surface area (Å²) in [7, 11) is 0. The highest BCUT2D eigenvalue weighted by Crippen LogP contribution is 2.36. The minimum atomic E-state index is -0.966. The molecule has 1 heterocycles. The zero-order valence-corrected chi connectivity index (χ0v) is 12.8. The van der Waals surface area contributed by atoms with Gasteiger partial charge in [-0.05, 0) is 50.5 Å². The summed E-state index contributed by atoms with van der Waals surface area (Å²) in [4.78, 5) is 29.8. The number of ether oxygens (including phenoxy) is 1. The number of ketones is 2. The van der Waals surface area contributed by atoms with E-state index in [9.17, 15) is 9.59 Å². The first-order valence-corrected chi connectivity index (χ1v) is 7.07. The SMILES string of the molecule is CCc1cc(ON)ccc1C1C(=O)C(C)OC(C)(C)C1=O. The van der Waals surface area contributed by atoms with E-state index in [-0.39, 0.29) is 11.6 Å². The maximum atomic E-state index is 12.6. The molecule has 114 valence electrons. The summed E-state index contributed by atoms with van der Waals surface area (Å²) in [6, 6.07) is 5.18. The summed E-state index contributed by atoms with van der Waals surface area (Å²) in [6.45, 7) is 7.05. The van der Waals surface area contributed by atoms with Gasteiger partial charge in [-0.1, -0.05) is 13.0 Å². The molecule has 0 bridgehead atoms. The molecular weight excluding hydrogens is 270 g/mol. The topological polar surface area (TPSA) is 78.6 Å². The third kappa shape index (κ3) is 2.71. The van der Waals surface area contributed by atoms with E-state index in [1.807, 2.05) is 6.92 Å². The van der Waals surface area contributed by atoms with E-state index in [0.29, 0.717) is 12.2 Å². The summed E-state index contributed by atoms with van der Waals surface area (Å²) >= 11 is 0. The normalized spacial score (nSPS) is 25.0. The summed E-state index contributed by atoms with van der Waals surface area (Å²) in [5.41, 5.74) is 0.637. The number of hydrogen-bond acceptors (Lipinski definition) is 5. The van der Waals surface area contributed by atoms with E-state index in [1.54, 1.807) is 39.0 Å². The Labute approximate surface area is 124 Å². The van der Waals surface area contributed by atoms with Crippen LogP contribution in [-0.4, -0.2) is 23.3 Å². The molecule has 1 aromatic rings. The fraction of sp³-hybridized carbons (Fsp3) is 0.500. The highest BCUT2D eigenvalue weighted by Gasteiger charge is 2.48. The molecule has 0 amide bonds. The van der Waals surface area contributed by atoms with Gasteiger partial charge >= 0.3 is 0 Å². The Kier molecular flexibility index (Phi) is 4.16. The van der Waals surface area contributed by atoms with Crippen LogP contribution in [0, 0.1) is 0 Å². The lowest BCUT2D eigenvalue weighted by molar-refractivity contribution is -0.168. The van der Waals surface area contributed by atoms with E-state index in [1.165, 1.54) is 0 Å². The van der Waals surface area contributed by atoms with Crippen molar-refractivity contribution in [1.29, 1.82) is 0 Å². The number of rotatable bonds is 3. The van der Waals surface area contributed by atoms with Crippen molar-refractivity contribution >= 4 is 11.6 Å². The second-order valence-electron chi connectivity index (χ2n) is 5.80. The van der Waals surface area contributed by atoms with Gasteiger partial charge in [-0.3, -0.25) is 9.59 Å². The third-order valence-corrected chi connectivity index (χ3v) is 3.95. The molecule has 1 aromatic carbocycles. The van der Waals surface area contributed by atoms with E-state index >= 15 is 0 Å². The van der Waals surface area contributed by atoms with Gasteiger partial charge in [-0.2, -0.15) is 5.90 Å². The first-order valence-electron chi connectivity index (χ1n) is 7.07. The molecule has 2 atom stereocenters. The van der Waals surface area contributed by atoms with Gasteiger partial charge in [0.2, 0.25) is 0 Å². The van der Waals surface area contributed by atoms with Crippen LogP contribution in [-0.2, 0) is 20.7 Å². The van der Waals surface area contributed by atoms with Crippen LogP contribution in [0.5, 0.6) is 5.75 Å². The van der Waals surface area contributed by atoms with Gasteiger partial charge < -0.3 is 9.57 Å². The number of hydrogen-bond donors (Lipinski definition) is 1. The first-order chi connectivity index (χ1) is 9.81. The highest BCUT2D eigenvalue weighted by molar-refractivity contribution is 6.14. The van der Waals surface area contributed by atoms with Gasteiger partial charge in [-0.25, -0.2) is 0 Å². The predicted octanol–water partition coefficient (Wildman–Crippen LogP) is 1.92. The fourth-order valence-corrected chi connectivity index (χ4v) is 2.81. The number of aryl methyl sites for hydroxylation is 1. The molecule has 2 unspecified atom stereocenters.